The van der Waals surface area contributed by atoms with Crippen LogP contribution in [0.2, 0.25) is 0 Å². The van der Waals surface area contributed by atoms with E-state index in [-0.39, 0.29) is 13.2 Å². The first-order chi connectivity index (χ1) is 7.17. The van der Waals surface area contributed by atoms with E-state index in [9.17, 15) is 4.39 Å². The Hall–Kier alpha value is -0.620. The van der Waals surface area contributed by atoms with Crippen molar-refractivity contribution in [3.63, 3.8) is 0 Å². The molecule has 1 unspecified atom stereocenters. The molecule has 84 valence electrons. The molecule has 0 aliphatic carbocycles. The second kappa shape index (κ2) is 6.07. The highest BCUT2D eigenvalue weighted by Gasteiger charge is 2.07. The Morgan fingerprint density at radius 1 is 1.33 bits per heavy atom. The maximum Gasteiger partial charge on any atom is 0.123 e. The molecule has 15 heavy (non-hydrogen) atoms. The third-order valence-corrected chi connectivity index (χ3v) is 3.10. The number of halogens is 1. The van der Waals surface area contributed by atoms with E-state index in [2.05, 4.69) is 0 Å². The second-order valence-electron chi connectivity index (χ2n) is 3.06. The summed E-state index contributed by atoms with van der Waals surface area (Å²) >= 11 is 1.28. The van der Waals surface area contributed by atoms with Gasteiger partial charge in [-0.2, -0.15) is 0 Å². The maximum atomic E-state index is 12.8. The van der Waals surface area contributed by atoms with Crippen molar-refractivity contribution in [2.45, 2.75) is 17.6 Å². The van der Waals surface area contributed by atoms with E-state index >= 15 is 0 Å². The van der Waals surface area contributed by atoms with Crippen LogP contribution in [0, 0.1) is 5.82 Å². The first-order valence-electron chi connectivity index (χ1n) is 4.48. The number of aliphatic hydroxyl groups excluding tert-OH is 3. The Bertz CT molecular complexity index is 320. The summed E-state index contributed by atoms with van der Waals surface area (Å²) in [6.07, 6.45) is -0.799. The second-order valence-corrected chi connectivity index (χ2v) is 4.12. The quantitative estimate of drug-likeness (QED) is 0.656. The Kier molecular flexibility index (Phi) is 5.04. The lowest BCUT2D eigenvalue weighted by Crippen LogP contribution is -2.14. The van der Waals surface area contributed by atoms with E-state index in [0.29, 0.717) is 16.2 Å². The average molecular weight is 232 g/mol. The van der Waals surface area contributed by atoms with Crippen molar-refractivity contribution in [2.75, 3.05) is 12.4 Å². The van der Waals surface area contributed by atoms with Gasteiger partial charge in [-0.3, -0.25) is 0 Å². The molecule has 0 aliphatic rings. The Morgan fingerprint density at radius 2 is 2.07 bits per heavy atom. The Morgan fingerprint density at radius 3 is 2.67 bits per heavy atom. The Labute approximate surface area is 91.6 Å². The zero-order valence-electron chi connectivity index (χ0n) is 8.06. The van der Waals surface area contributed by atoms with Gasteiger partial charge in [0.1, 0.15) is 5.82 Å². The van der Waals surface area contributed by atoms with Gasteiger partial charge in [0.15, 0.2) is 0 Å². The molecule has 0 heterocycles. The summed E-state index contributed by atoms with van der Waals surface area (Å²) < 4.78 is 12.8. The summed E-state index contributed by atoms with van der Waals surface area (Å²) in [5.41, 5.74) is 0.491. The molecule has 0 saturated carbocycles. The summed E-state index contributed by atoms with van der Waals surface area (Å²) in [6.45, 7) is -0.544. The van der Waals surface area contributed by atoms with Gasteiger partial charge in [0.05, 0.1) is 19.3 Å². The lowest BCUT2D eigenvalue weighted by molar-refractivity contribution is 0.113. The number of thioether (sulfide) groups is 1. The molecule has 1 aromatic carbocycles. The Balaban J connectivity index is 2.67. The number of hydrogen-bond acceptors (Lipinski definition) is 4. The van der Waals surface area contributed by atoms with Crippen molar-refractivity contribution in [3.05, 3.63) is 29.6 Å². The van der Waals surface area contributed by atoms with Gasteiger partial charge in [-0.1, -0.05) is 0 Å². The van der Waals surface area contributed by atoms with Gasteiger partial charge in [0.2, 0.25) is 0 Å². The predicted octanol–water partition coefficient (Wildman–Crippen LogP) is 0.763. The first kappa shape index (κ1) is 12.4. The molecule has 3 nitrogen and oxygen atoms in total. The van der Waals surface area contributed by atoms with Crippen molar-refractivity contribution >= 4 is 11.8 Å². The van der Waals surface area contributed by atoms with Gasteiger partial charge in [-0.15, -0.1) is 11.8 Å². The largest absolute Gasteiger partial charge is 0.394 e. The number of aliphatic hydroxyl groups is 3. The summed E-state index contributed by atoms with van der Waals surface area (Å²) in [5.74, 6) is -0.0825. The molecule has 0 radical (unpaired) electrons. The summed E-state index contributed by atoms with van der Waals surface area (Å²) in [4.78, 5) is 0.714. The van der Waals surface area contributed by atoms with Crippen LogP contribution in [0.5, 0.6) is 0 Å². The van der Waals surface area contributed by atoms with Crippen molar-refractivity contribution in [1.82, 2.24) is 0 Å². The van der Waals surface area contributed by atoms with Gasteiger partial charge >= 0.3 is 0 Å². The topological polar surface area (TPSA) is 60.7 Å². The zero-order chi connectivity index (χ0) is 11.3. The molecular weight excluding hydrogens is 219 g/mol. The predicted molar refractivity (Wildman–Crippen MR) is 56.1 cm³/mol. The van der Waals surface area contributed by atoms with Crippen LogP contribution in [0.1, 0.15) is 5.56 Å². The van der Waals surface area contributed by atoms with Crippen LogP contribution in [0.25, 0.3) is 0 Å². The molecular formula is C10H13FO3S. The summed E-state index contributed by atoms with van der Waals surface area (Å²) in [6, 6.07) is 4.11. The maximum absolute atomic E-state index is 12.8. The molecule has 0 amide bonds. The number of benzene rings is 1. The van der Waals surface area contributed by atoms with E-state index in [0.717, 1.165) is 0 Å². The minimum Gasteiger partial charge on any atom is -0.394 e. The molecule has 0 spiro atoms. The molecule has 1 aromatic rings. The van der Waals surface area contributed by atoms with Gasteiger partial charge in [0, 0.05) is 10.6 Å². The highest BCUT2D eigenvalue weighted by Crippen LogP contribution is 2.24. The van der Waals surface area contributed by atoms with Gasteiger partial charge in [0.25, 0.3) is 0 Å². The van der Waals surface area contributed by atoms with Crippen molar-refractivity contribution in [2.24, 2.45) is 0 Å². The smallest absolute Gasteiger partial charge is 0.123 e. The average Bonchev–Trinajstić information content (AvgIpc) is 2.26. The van der Waals surface area contributed by atoms with Crippen LogP contribution in [0.3, 0.4) is 0 Å². The molecule has 0 saturated heterocycles. The molecule has 3 N–H and O–H groups in total. The van der Waals surface area contributed by atoms with E-state index in [1.807, 2.05) is 0 Å². The minimum atomic E-state index is -0.799. The number of hydrogen-bond donors (Lipinski definition) is 3. The highest BCUT2D eigenvalue weighted by molar-refractivity contribution is 7.99. The van der Waals surface area contributed by atoms with Crippen LogP contribution in [0.4, 0.5) is 4.39 Å². The van der Waals surface area contributed by atoms with Crippen LogP contribution < -0.4 is 0 Å². The minimum absolute atomic E-state index is 0.241. The molecule has 1 atom stereocenters. The summed E-state index contributed by atoms with van der Waals surface area (Å²) in [7, 11) is 0. The van der Waals surface area contributed by atoms with Crippen LogP contribution >= 0.6 is 11.8 Å². The normalized spacial score (nSPS) is 12.8. The SMILES string of the molecule is OCc1cc(F)ccc1SCC(O)CO. The van der Waals surface area contributed by atoms with Crippen molar-refractivity contribution < 1.29 is 19.7 Å². The molecule has 1 rings (SSSR count). The van der Waals surface area contributed by atoms with Crippen LogP contribution in [0.15, 0.2) is 23.1 Å². The monoisotopic (exact) mass is 232 g/mol. The molecule has 0 fully saturated rings. The number of rotatable bonds is 5. The fourth-order valence-corrected chi connectivity index (χ4v) is 2.00. The standard InChI is InChI=1S/C10H13FO3S/c11-8-1-2-10(7(3-8)4-12)15-6-9(14)5-13/h1-3,9,12-14H,4-6H2. The van der Waals surface area contributed by atoms with Gasteiger partial charge in [-0.25, -0.2) is 4.39 Å². The molecule has 5 heteroatoms. The first-order valence-corrected chi connectivity index (χ1v) is 5.47. The fraction of sp³-hybridized carbons (Fsp3) is 0.400. The van der Waals surface area contributed by atoms with Crippen LogP contribution in [-0.4, -0.2) is 33.8 Å². The molecule has 0 aromatic heterocycles. The fourth-order valence-electron chi connectivity index (χ4n) is 1.05. The van der Waals surface area contributed by atoms with Gasteiger partial charge in [-0.05, 0) is 23.8 Å². The van der Waals surface area contributed by atoms with Crippen LogP contribution in [-0.2, 0) is 6.61 Å². The van der Waals surface area contributed by atoms with E-state index in [1.165, 1.54) is 23.9 Å². The zero-order valence-corrected chi connectivity index (χ0v) is 8.88. The van der Waals surface area contributed by atoms with Crippen molar-refractivity contribution in [3.8, 4) is 0 Å². The lowest BCUT2D eigenvalue weighted by Gasteiger charge is -2.09. The third-order valence-electron chi connectivity index (χ3n) is 1.83. The van der Waals surface area contributed by atoms with Gasteiger partial charge < -0.3 is 15.3 Å². The third kappa shape index (κ3) is 3.79. The molecule has 0 aliphatic heterocycles. The van der Waals surface area contributed by atoms with Crippen molar-refractivity contribution in [1.29, 1.82) is 0 Å². The van der Waals surface area contributed by atoms with E-state index < -0.39 is 11.9 Å². The molecule has 0 bridgehead atoms. The van der Waals surface area contributed by atoms with E-state index in [1.54, 1.807) is 6.07 Å². The highest BCUT2D eigenvalue weighted by atomic mass is 32.2. The van der Waals surface area contributed by atoms with E-state index in [4.69, 9.17) is 15.3 Å². The lowest BCUT2D eigenvalue weighted by atomic mass is 10.2. The summed E-state index contributed by atoms with van der Waals surface area (Å²) in [5, 5.41) is 26.7.